The van der Waals surface area contributed by atoms with Gasteiger partial charge in [0.1, 0.15) is 11.6 Å². The molecule has 1 unspecified atom stereocenters. The molecule has 0 saturated carbocycles. The molecule has 132 valence electrons. The van der Waals surface area contributed by atoms with Crippen LogP contribution in [0.5, 0.6) is 0 Å². The monoisotopic (exact) mass is 350 g/mol. The zero-order valence-electron chi connectivity index (χ0n) is 14.6. The van der Waals surface area contributed by atoms with Gasteiger partial charge in [0.25, 0.3) is 0 Å². The Morgan fingerprint density at radius 3 is 2.54 bits per heavy atom. The number of aromatic nitrogens is 5. The Balaban J connectivity index is 1.77. The van der Waals surface area contributed by atoms with Crippen LogP contribution in [0.25, 0.3) is 16.9 Å². The highest BCUT2D eigenvalue weighted by molar-refractivity contribution is 5.66. The minimum absolute atomic E-state index is 0.0818. The Labute approximate surface area is 150 Å². The molecule has 3 heterocycles. The second-order valence-electron chi connectivity index (χ2n) is 6.12. The number of halogens is 1. The lowest BCUT2D eigenvalue weighted by atomic mass is 10.1. The predicted molar refractivity (Wildman–Crippen MR) is 98.2 cm³/mol. The molecule has 0 fully saturated rings. The van der Waals surface area contributed by atoms with Crippen molar-refractivity contribution in [2.45, 2.75) is 19.4 Å². The van der Waals surface area contributed by atoms with Gasteiger partial charge in [0.15, 0.2) is 5.65 Å². The molecule has 0 aliphatic rings. The molecule has 4 rings (SSSR count). The van der Waals surface area contributed by atoms with E-state index in [0.29, 0.717) is 0 Å². The fourth-order valence-corrected chi connectivity index (χ4v) is 3.07. The molecule has 26 heavy (non-hydrogen) atoms. The Morgan fingerprint density at radius 1 is 1.08 bits per heavy atom. The van der Waals surface area contributed by atoms with Crippen molar-refractivity contribution in [2.24, 2.45) is 7.05 Å². The smallest absolute Gasteiger partial charge is 0.157 e. The van der Waals surface area contributed by atoms with Gasteiger partial charge in [0.2, 0.25) is 0 Å². The first kappa shape index (κ1) is 16.3. The Bertz CT molecular complexity index is 1030. The van der Waals surface area contributed by atoms with E-state index in [1.54, 1.807) is 29.0 Å². The number of nitrogens with one attached hydrogen (secondary N) is 1. The highest BCUT2D eigenvalue weighted by atomic mass is 19.1. The van der Waals surface area contributed by atoms with Gasteiger partial charge in [-0.3, -0.25) is 4.68 Å². The van der Waals surface area contributed by atoms with Crippen LogP contribution in [0, 0.1) is 5.82 Å². The maximum atomic E-state index is 13.2. The highest BCUT2D eigenvalue weighted by Gasteiger charge is 2.16. The number of hydrogen-bond acceptors (Lipinski definition) is 4. The highest BCUT2D eigenvalue weighted by Crippen LogP contribution is 2.26. The lowest BCUT2D eigenvalue weighted by Crippen LogP contribution is -2.16. The summed E-state index contributed by atoms with van der Waals surface area (Å²) in [6.45, 7) is 2.12. The molecule has 1 N–H and O–H groups in total. The quantitative estimate of drug-likeness (QED) is 0.594. The summed E-state index contributed by atoms with van der Waals surface area (Å²) in [6, 6.07) is 12.2. The van der Waals surface area contributed by atoms with Gasteiger partial charge in [-0.25, -0.2) is 9.37 Å². The Kier molecular flexibility index (Phi) is 4.12. The van der Waals surface area contributed by atoms with Crippen LogP contribution < -0.4 is 5.32 Å². The fourth-order valence-electron chi connectivity index (χ4n) is 3.07. The van der Waals surface area contributed by atoms with E-state index >= 15 is 0 Å². The van der Waals surface area contributed by atoms with Gasteiger partial charge in [-0.2, -0.15) is 14.7 Å². The molecule has 7 heteroatoms. The average molecular weight is 350 g/mol. The SMILES string of the molecule is CCC(Nc1cc(-c2ccc(F)cc2)nc2ccnn12)c1ccnn1C. The van der Waals surface area contributed by atoms with E-state index in [9.17, 15) is 4.39 Å². The lowest BCUT2D eigenvalue weighted by Gasteiger charge is -2.19. The number of rotatable bonds is 5. The average Bonchev–Trinajstić information content (AvgIpc) is 3.29. The molecule has 0 saturated heterocycles. The summed E-state index contributed by atoms with van der Waals surface area (Å²) in [7, 11) is 1.93. The third kappa shape index (κ3) is 2.92. The number of benzene rings is 1. The summed E-state index contributed by atoms with van der Waals surface area (Å²) in [5, 5.41) is 12.2. The van der Waals surface area contributed by atoms with Gasteiger partial charge in [-0.15, -0.1) is 0 Å². The van der Waals surface area contributed by atoms with Crippen LogP contribution in [-0.2, 0) is 7.05 Å². The third-order valence-corrected chi connectivity index (χ3v) is 4.45. The second kappa shape index (κ2) is 6.59. The Morgan fingerprint density at radius 2 is 1.85 bits per heavy atom. The van der Waals surface area contributed by atoms with Crippen molar-refractivity contribution in [3.05, 3.63) is 66.4 Å². The predicted octanol–water partition coefficient (Wildman–Crippen LogP) is 3.83. The first-order valence-corrected chi connectivity index (χ1v) is 8.51. The molecule has 4 aromatic rings. The number of hydrogen-bond donors (Lipinski definition) is 1. The van der Waals surface area contributed by atoms with Crippen molar-refractivity contribution in [2.75, 3.05) is 5.32 Å². The van der Waals surface area contributed by atoms with Crippen molar-refractivity contribution in [1.29, 1.82) is 0 Å². The van der Waals surface area contributed by atoms with Crippen molar-refractivity contribution in [3.8, 4) is 11.3 Å². The zero-order valence-corrected chi connectivity index (χ0v) is 14.6. The van der Waals surface area contributed by atoms with Crippen LogP contribution in [0.1, 0.15) is 25.1 Å². The van der Waals surface area contributed by atoms with E-state index in [4.69, 9.17) is 0 Å². The second-order valence-corrected chi connectivity index (χ2v) is 6.12. The Hall–Kier alpha value is -3.22. The van der Waals surface area contributed by atoms with Crippen LogP contribution in [0.15, 0.2) is 54.9 Å². The molecule has 0 bridgehead atoms. The molecule has 0 aliphatic heterocycles. The van der Waals surface area contributed by atoms with Crippen LogP contribution >= 0.6 is 0 Å². The molecule has 3 aromatic heterocycles. The van der Waals surface area contributed by atoms with Crippen LogP contribution in [0.2, 0.25) is 0 Å². The van der Waals surface area contributed by atoms with Gasteiger partial charge in [0.05, 0.1) is 23.6 Å². The number of anilines is 1. The normalized spacial score (nSPS) is 12.4. The summed E-state index contributed by atoms with van der Waals surface area (Å²) in [4.78, 5) is 4.63. The summed E-state index contributed by atoms with van der Waals surface area (Å²) >= 11 is 0. The molecule has 0 amide bonds. The number of nitrogens with zero attached hydrogens (tertiary/aromatic N) is 5. The zero-order chi connectivity index (χ0) is 18.1. The maximum absolute atomic E-state index is 13.2. The summed E-state index contributed by atoms with van der Waals surface area (Å²) in [5.41, 5.74) is 3.44. The molecule has 0 aliphatic carbocycles. The molecule has 1 aromatic carbocycles. The van der Waals surface area contributed by atoms with Gasteiger partial charge in [0, 0.05) is 30.9 Å². The largest absolute Gasteiger partial charge is 0.362 e. The van der Waals surface area contributed by atoms with Crippen LogP contribution in [0.3, 0.4) is 0 Å². The first-order valence-electron chi connectivity index (χ1n) is 8.51. The number of fused-ring (bicyclic) bond motifs is 1. The van der Waals surface area contributed by atoms with E-state index in [-0.39, 0.29) is 11.9 Å². The van der Waals surface area contributed by atoms with Crippen molar-refractivity contribution >= 4 is 11.5 Å². The first-order chi connectivity index (χ1) is 12.7. The van der Waals surface area contributed by atoms with Crippen LogP contribution in [0.4, 0.5) is 10.2 Å². The van der Waals surface area contributed by atoms with Crippen LogP contribution in [-0.4, -0.2) is 24.4 Å². The minimum atomic E-state index is -0.264. The van der Waals surface area contributed by atoms with Gasteiger partial charge >= 0.3 is 0 Å². The van der Waals surface area contributed by atoms with Crippen molar-refractivity contribution in [3.63, 3.8) is 0 Å². The third-order valence-electron chi connectivity index (χ3n) is 4.45. The molecule has 0 spiro atoms. The van der Waals surface area contributed by atoms with Crippen molar-refractivity contribution in [1.82, 2.24) is 24.4 Å². The van der Waals surface area contributed by atoms with Gasteiger partial charge in [-0.05, 0) is 36.8 Å². The number of aryl methyl sites for hydroxylation is 1. The molecule has 0 radical (unpaired) electrons. The van der Waals surface area contributed by atoms with E-state index in [1.807, 2.05) is 29.9 Å². The molecule has 6 nitrogen and oxygen atoms in total. The topological polar surface area (TPSA) is 60.0 Å². The van der Waals surface area contributed by atoms with Gasteiger partial charge < -0.3 is 5.32 Å². The maximum Gasteiger partial charge on any atom is 0.157 e. The molecular formula is C19H19FN6. The van der Waals surface area contributed by atoms with E-state index < -0.39 is 0 Å². The lowest BCUT2D eigenvalue weighted by molar-refractivity contribution is 0.628. The molecule has 1 atom stereocenters. The van der Waals surface area contributed by atoms with E-state index in [0.717, 1.165) is 34.8 Å². The summed E-state index contributed by atoms with van der Waals surface area (Å²) < 4.78 is 16.9. The standard InChI is InChI=1S/C19H19FN6/c1-3-15(17-8-10-21-25(17)2)23-19-12-16(13-4-6-14(20)7-5-13)24-18-9-11-22-26(18)19/h4-12,15,23H,3H2,1-2H3. The summed E-state index contributed by atoms with van der Waals surface area (Å²) in [5.74, 6) is 0.562. The van der Waals surface area contributed by atoms with E-state index in [1.165, 1.54) is 12.1 Å². The van der Waals surface area contributed by atoms with Crippen molar-refractivity contribution < 1.29 is 4.39 Å². The molecular weight excluding hydrogens is 331 g/mol. The van der Waals surface area contributed by atoms with E-state index in [2.05, 4.69) is 27.4 Å². The fraction of sp³-hybridized carbons (Fsp3) is 0.211. The minimum Gasteiger partial charge on any atom is -0.362 e. The summed E-state index contributed by atoms with van der Waals surface area (Å²) in [6.07, 6.45) is 4.39. The van der Waals surface area contributed by atoms with Gasteiger partial charge in [-0.1, -0.05) is 6.92 Å².